The SMILES string of the molecule is C=C1CCc2ccc3cccnc3c2N1/C=C(\C)c1ccc(Br)cc1. The summed E-state index contributed by atoms with van der Waals surface area (Å²) < 4.78 is 1.09. The van der Waals surface area contributed by atoms with Gasteiger partial charge >= 0.3 is 0 Å². The number of nitrogens with zero attached hydrogens (tertiary/aromatic N) is 2. The van der Waals surface area contributed by atoms with Gasteiger partial charge in [-0.3, -0.25) is 4.98 Å². The van der Waals surface area contributed by atoms with Crippen LogP contribution in [0.15, 0.2) is 77.7 Å². The van der Waals surface area contributed by atoms with Gasteiger partial charge in [-0.2, -0.15) is 0 Å². The summed E-state index contributed by atoms with van der Waals surface area (Å²) in [5.41, 5.74) is 7.07. The molecule has 25 heavy (non-hydrogen) atoms. The van der Waals surface area contributed by atoms with Crippen molar-refractivity contribution in [3.05, 3.63) is 88.8 Å². The smallest absolute Gasteiger partial charge is 0.0944 e. The first kappa shape index (κ1) is 16.1. The Kier molecular flexibility index (Phi) is 4.18. The van der Waals surface area contributed by atoms with Crippen molar-refractivity contribution in [2.75, 3.05) is 4.90 Å². The van der Waals surface area contributed by atoms with Gasteiger partial charge in [0.1, 0.15) is 0 Å². The lowest BCUT2D eigenvalue weighted by Crippen LogP contribution is -2.22. The zero-order chi connectivity index (χ0) is 17.4. The van der Waals surface area contributed by atoms with Crippen LogP contribution in [-0.4, -0.2) is 4.98 Å². The molecule has 0 bridgehead atoms. The van der Waals surface area contributed by atoms with Crippen molar-refractivity contribution in [2.45, 2.75) is 19.8 Å². The van der Waals surface area contributed by atoms with E-state index >= 15 is 0 Å². The molecule has 0 N–H and O–H groups in total. The molecule has 0 radical (unpaired) electrons. The summed E-state index contributed by atoms with van der Waals surface area (Å²) in [6.07, 6.45) is 6.04. The summed E-state index contributed by atoms with van der Waals surface area (Å²) in [6, 6.07) is 16.9. The predicted octanol–water partition coefficient (Wildman–Crippen LogP) is 6.32. The zero-order valence-electron chi connectivity index (χ0n) is 14.2. The number of pyridine rings is 1. The second-order valence-corrected chi connectivity index (χ2v) is 7.32. The number of rotatable bonds is 2. The lowest BCUT2D eigenvalue weighted by molar-refractivity contribution is 0.864. The monoisotopic (exact) mass is 390 g/mol. The maximum absolute atomic E-state index is 4.65. The van der Waals surface area contributed by atoms with Crippen LogP contribution in [0.2, 0.25) is 0 Å². The van der Waals surface area contributed by atoms with Gasteiger partial charge in [-0.1, -0.05) is 52.8 Å². The molecule has 124 valence electrons. The van der Waals surface area contributed by atoms with Crippen molar-refractivity contribution in [1.29, 1.82) is 0 Å². The Bertz CT molecular complexity index is 987. The van der Waals surface area contributed by atoms with E-state index in [4.69, 9.17) is 0 Å². The van der Waals surface area contributed by atoms with E-state index in [1.165, 1.54) is 22.4 Å². The van der Waals surface area contributed by atoms with E-state index in [0.29, 0.717) is 0 Å². The molecule has 3 heteroatoms. The average Bonchev–Trinajstić information content (AvgIpc) is 2.64. The van der Waals surface area contributed by atoms with Gasteiger partial charge in [0, 0.05) is 28.0 Å². The third kappa shape index (κ3) is 3.00. The van der Waals surface area contributed by atoms with Gasteiger partial charge < -0.3 is 4.90 Å². The van der Waals surface area contributed by atoms with E-state index < -0.39 is 0 Å². The fourth-order valence-corrected chi connectivity index (χ4v) is 3.60. The molecule has 2 heterocycles. The van der Waals surface area contributed by atoms with E-state index in [-0.39, 0.29) is 0 Å². The Balaban J connectivity index is 1.85. The first-order chi connectivity index (χ1) is 12.1. The number of fused-ring (bicyclic) bond motifs is 3. The molecule has 3 aromatic rings. The molecular weight excluding hydrogens is 372 g/mol. The van der Waals surface area contributed by atoms with Crippen LogP contribution in [0, 0.1) is 0 Å². The second-order valence-electron chi connectivity index (χ2n) is 6.40. The lowest BCUT2D eigenvalue weighted by Gasteiger charge is -2.31. The molecule has 0 aliphatic carbocycles. The van der Waals surface area contributed by atoms with Crippen LogP contribution in [-0.2, 0) is 6.42 Å². The third-order valence-corrected chi connectivity index (χ3v) is 5.25. The summed E-state index contributed by atoms with van der Waals surface area (Å²) in [4.78, 5) is 6.88. The summed E-state index contributed by atoms with van der Waals surface area (Å²) in [5.74, 6) is 0. The van der Waals surface area contributed by atoms with Crippen molar-refractivity contribution in [1.82, 2.24) is 4.98 Å². The average molecular weight is 391 g/mol. The number of aryl methyl sites for hydroxylation is 1. The molecule has 0 spiro atoms. The molecule has 0 fully saturated rings. The summed E-state index contributed by atoms with van der Waals surface area (Å²) in [7, 11) is 0. The predicted molar refractivity (Wildman–Crippen MR) is 109 cm³/mol. The molecular formula is C22H19BrN2. The summed E-state index contributed by atoms with van der Waals surface area (Å²) in [6.45, 7) is 6.45. The Hall–Kier alpha value is -2.39. The van der Waals surface area contributed by atoms with Crippen molar-refractivity contribution >= 4 is 38.1 Å². The Morgan fingerprint density at radius 2 is 1.92 bits per heavy atom. The largest absolute Gasteiger partial charge is 0.319 e. The zero-order valence-corrected chi connectivity index (χ0v) is 15.8. The second kappa shape index (κ2) is 6.49. The topological polar surface area (TPSA) is 16.1 Å². The van der Waals surface area contributed by atoms with Crippen LogP contribution in [0.3, 0.4) is 0 Å². The van der Waals surface area contributed by atoms with Crippen LogP contribution >= 0.6 is 15.9 Å². The molecule has 1 aliphatic heterocycles. The Labute approximate surface area is 156 Å². The molecule has 0 saturated carbocycles. The maximum atomic E-state index is 4.65. The number of anilines is 1. The standard InChI is InChI=1S/C22H19BrN2/c1-15(17-9-11-20(23)12-10-17)14-25-16(2)5-6-19-8-7-18-4-3-13-24-21(18)22(19)25/h3-4,7-14H,2,5-6H2,1H3/b15-14+. The highest BCUT2D eigenvalue weighted by Gasteiger charge is 2.22. The molecule has 2 aromatic carbocycles. The highest BCUT2D eigenvalue weighted by atomic mass is 79.9. The number of hydrogen-bond donors (Lipinski definition) is 0. The van der Waals surface area contributed by atoms with E-state index in [1.54, 1.807) is 0 Å². The molecule has 1 aromatic heterocycles. The van der Waals surface area contributed by atoms with Gasteiger partial charge in [0.2, 0.25) is 0 Å². The molecule has 4 rings (SSSR count). The van der Waals surface area contributed by atoms with Gasteiger partial charge in [0.25, 0.3) is 0 Å². The molecule has 2 nitrogen and oxygen atoms in total. The molecule has 0 amide bonds. The van der Waals surface area contributed by atoms with Gasteiger partial charge in [-0.15, -0.1) is 0 Å². The van der Waals surface area contributed by atoms with Crippen molar-refractivity contribution in [2.24, 2.45) is 0 Å². The van der Waals surface area contributed by atoms with Crippen molar-refractivity contribution in [3.8, 4) is 0 Å². The van der Waals surface area contributed by atoms with Crippen molar-refractivity contribution in [3.63, 3.8) is 0 Å². The maximum Gasteiger partial charge on any atom is 0.0944 e. The van der Waals surface area contributed by atoms with E-state index in [9.17, 15) is 0 Å². The third-order valence-electron chi connectivity index (χ3n) is 4.72. The number of aromatic nitrogens is 1. The fourth-order valence-electron chi connectivity index (χ4n) is 3.34. The van der Waals surface area contributed by atoms with Gasteiger partial charge in [-0.25, -0.2) is 0 Å². The number of allylic oxidation sites excluding steroid dienone is 2. The number of benzene rings is 2. The van der Waals surface area contributed by atoms with Gasteiger partial charge in [-0.05, 0) is 54.7 Å². The van der Waals surface area contributed by atoms with E-state index in [2.05, 4.69) is 88.0 Å². The van der Waals surface area contributed by atoms with E-state index in [0.717, 1.165) is 33.9 Å². The van der Waals surface area contributed by atoms with Crippen LogP contribution in [0.4, 0.5) is 5.69 Å². The molecule has 0 atom stereocenters. The number of hydrogen-bond acceptors (Lipinski definition) is 2. The Morgan fingerprint density at radius 3 is 2.72 bits per heavy atom. The van der Waals surface area contributed by atoms with Crippen LogP contribution in [0.25, 0.3) is 16.5 Å². The fraction of sp³-hybridized carbons (Fsp3) is 0.136. The van der Waals surface area contributed by atoms with Crippen LogP contribution in [0.1, 0.15) is 24.5 Å². The Morgan fingerprint density at radius 1 is 1.12 bits per heavy atom. The van der Waals surface area contributed by atoms with Crippen molar-refractivity contribution < 1.29 is 0 Å². The minimum absolute atomic E-state index is 0.968. The minimum Gasteiger partial charge on any atom is -0.319 e. The molecule has 0 unspecified atom stereocenters. The highest BCUT2D eigenvalue weighted by Crippen LogP contribution is 2.38. The number of halogens is 1. The van der Waals surface area contributed by atoms with Crippen LogP contribution < -0.4 is 4.90 Å². The first-order valence-electron chi connectivity index (χ1n) is 8.41. The first-order valence-corrected chi connectivity index (χ1v) is 9.21. The lowest BCUT2D eigenvalue weighted by atomic mass is 9.97. The van der Waals surface area contributed by atoms with Gasteiger partial charge in [0.15, 0.2) is 0 Å². The highest BCUT2D eigenvalue weighted by molar-refractivity contribution is 9.10. The minimum atomic E-state index is 0.968. The van der Waals surface area contributed by atoms with E-state index in [1.807, 2.05) is 12.3 Å². The summed E-state index contributed by atoms with van der Waals surface area (Å²) >= 11 is 3.50. The summed E-state index contributed by atoms with van der Waals surface area (Å²) in [5, 5.41) is 1.16. The normalized spacial score (nSPS) is 14.7. The molecule has 1 aliphatic rings. The molecule has 0 saturated heterocycles. The van der Waals surface area contributed by atoms with Gasteiger partial charge in [0.05, 0.1) is 11.2 Å². The quantitative estimate of drug-likeness (QED) is 0.508. The van der Waals surface area contributed by atoms with Crippen LogP contribution in [0.5, 0.6) is 0 Å².